The van der Waals surface area contributed by atoms with Crippen LogP contribution in [0, 0.1) is 0 Å². The van der Waals surface area contributed by atoms with Crippen LogP contribution >= 0.6 is 0 Å². The van der Waals surface area contributed by atoms with Gasteiger partial charge in [-0.05, 0) is 82.6 Å². The van der Waals surface area contributed by atoms with E-state index >= 15 is 0 Å². The summed E-state index contributed by atoms with van der Waals surface area (Å²) < 4.78 is 6.39. The van der Waals surface area contributed by atoms with E-state index in [1.807, 2.05) is 53.1 Å². The van der Waals surface area contributed by atoms with Gasteiger partial charge in [-0.3, -0.25) is 13.8 Å². The smallest absolute Gasteiger partial charge is 0.264 e. The molecule has 11 rings (SSSR count). The first-order chi connectivity index (χ1) is 25.2. The molecule has 0 atom stereocenters. The predicted molar refractivity (Wildman–Crippen MR) is 211 cm³/mol. The molecule has 4 aromatic heterocycles. The fourth-order valence-electron chi connectivity index (χ4n) is 8.19. The van der Waals surface area contributed by atoms with Crippen LogP contribution in [0.5, 0.6) is 0 Å². The number of benzene rings is 7. The van der Waals surface area contributed by atoms with Gasteiger partial charge >= 0.3 is 0 Å². The highest BCUT2D eigenvalue weighted by molar-refractivity contribution is 6.22. The summed E-state index contributed by atoms with van der Waals surface area (Å²) in [5.41, 5.74) is 9.93. The van der Waals surface area contributed by atoms with Crippen LogP contribution in [0.25, 0.3) is 93.6 Å². The maximum absolute atomic E-state index is 14.4. The summed E-state index contributed by atoms with van der Waals surface area (Å²) in [7, 11) is 0. The van der Waals surface area contributed by atoms with Crippen molar-refractivity contribution in [3.05, 3.63) is 180 Å². The van der Waals surface area contributed by atoms with Crippen LogP contribution < -0.4 is 5.56 Å². The maximum atomic E-state index is 14.4. The van der Waals surface area contributed by atoms with Crippen LogP contribution in [0.15, 0.2) is 175 Å². The zero-order valence-electron chi connectivity index (χ0n) is 27.4. The summed E-state index contributed by atoms with van der Waals surface area (Å²) in [6.45, 7) is 0. The van der Waals surface area contributed by atoms with Gasteiger partial charge in [0.25, 0.3) is 5.56 Å². The lowest BCUT2D eigenvalue weighted by Crippen LogP contribution is -2.21. The van der Waals surface area contributed by atoms with Crippen molar-refractivity contribution >= 4 is 71.1 Å². The van der Waals surface area contributed by atoms with Gasteiger partial charge in [0.1, 0.15) is 11.3 Å². The Kier molecular flexibility index (Phi) is 5.75. The van der Waals surface area contributed by atoms with Gasteiger partial charge in [0.15, 0.2) is 0 Å². The summed E-state index contributed by atoms with van der Waals surface area (Å²) in [6, 6.07) is 58.7. The lowest BCUT2D eigenvalue weighted by Gasteiger charge is -2.17. The lowest BCUT2D eigenvalue weighted by molar-refractivity contribution is 1.02. The van der Waals surface area contributed by atoms with Crippen molar-refractivity contribution < 1.29 is 0 Å². The van der Waals surface area contributed by atoms with Crippen molar-refractivity contribution in [2.45, 2.75) is 0 Å². The number of imidazole rings is 1. The molecule has 0 fully saturated rings. The second-order valence-corrected chi connectivity index (χ2v) is 13.2. The Hall–Kier alpha value is -6.98. The van der Waals surface area contributed by atoms with Crippen molar-refractivity contribution in [3.63, 3.8) is 0 Å². The molecule has 0 aliphatic rings. The third-order valence-corrected chi connectivity index (χ3v) is 10.4. The molecule has 0 aliphatic carbocycles. The monoisotopic (exact) mass is 652 g/mol. The van der Waals surface area contributed by atoms with E-state index in [1.54, 1.807) is 0 Å². The number of pyridine rings is 2. The molecule has 0 bridgehead atoms. The molecule has 5 nitrogen and oxygen atoms in total. The Morgan fingerprint density at radius 2 is 0.941 bits per heavy atom. The van der Waals surface area contributed by atoms with E-state index in [9.17, 15) is 4.79 Å². The summed E-state index contributed by atoms with van der Waals surface area (Å²) >= 11 is 0. The first kappa shape index (κ1) is 27.9. The molecular formula is C46H28N4O. The summed E-state index contributed by atoms with van der Waals surface area (Å²) in [5.74, 6) is 0. The minimum absolute atomic E-state index is 0.0534. The van der Waals surface area contributed by atoms with E-state index in [2.05, 4.69) is 130 Å². The number of nitrogens with zero attached hydrogens (tertiary/aromatic N) is 4. The second kappa shape index (κ2) is 10.5. The number of aromatic nitrogens is 4. The third kappa shape index (κ3) is 3.91. The molecule has 0 amide bonds. The molecule has 4 heterocycles. The van der Waals surface area contributed by atoms with Gasteiger partial charge in [-0.1, -0.05) is 109 Å². The Morgan fingerprint density at radius 1 is 0.412 bits per heavy atom. The van der Waals surface area contributed by atoms with Gasteiger partial charge in [0.05, 0.1) is 27.8 Å². The average molecular weight is 653 g/mol. The quantitative estimate of drug-likeness (QED) is 0.178. The SMILES string of the molecule is O=c1c2ccccc2c2c3ccccc3c3nc4cc(-c5ccc6c(c5)c5ccccc5n6-c5ccccc5)ccc4n3c2n1-c1ccccc1. The van der Waals surface area contributed by atoms with Gasteiger partial charge < -0.3 is 4.57 Å². The number of hydrogen-bond acceptors (Lipinski definition) is 2. The van der Waals surface area contributed by atoms with Crippen LogP contribution in [0.2, 0.25) is 0 Å². The first-order valence-electron chi connectivity index (χ1n) is 17.2. The highest BCUT2D eigenvalue weighted by Gasteiger charge is 2.21. The standard InChI is InChI=1S/C46H28N4O/c51-46-37-21-10-8-19-35(37)43-34-18-7-9-20-36(34)44-47-39-28-30(24-26-42(39)50(44)45(43)49(46)32-15-5-2-6-16-32)29-23-25-41-38(27-29)33-17-11-12-22-40(33)48(41)31-13-3-1-4-14-31/h1-28H. The molecule has 0 aliphatic heterocycles. The predicted octanol–water partition coefficient (Wildman–Crippen LogP) is 10.9. The van der Waals surface area contributed by atoms with Gasteiger partial charge in [0.2, 0.25) is 0 Å². The van der Waals surface area contributed by atoms with E-state index in [0.29, 0.717) is 5.39 Å². The molecule has 238 valence electrons. The fraction of sp³-hybridized carbons (Fsp3) is 0. The molecule has 5 heteroatoms. The number of fused-ring (bicyclic) bond motifs is 13. The molecule has 0 radical (unpaired) electrons. The highest BCUT2D eigenvalue weighted by atomic mass is 16.1. The van der Waals surface area contributed by atoms with E-state index in [4.69, 9.17) is 4.98 Å². The Labute approximate surface area is 291 Å². The first-order valence-corrected chi connectivity index (χ1v) is 17.2. The van der Waals surface area contributed by atoms with Crippen molar-refractivity contribution in [1.29, 1.82) is 0 Å². The zero-order valence-corrected chi connectivity index (χ0v) is 27.4. The molecule has 51 heavy (non-hydrogen) atoms. The summed E-state index contributed by atoms with van der Waals surface area (Å²) in [4.78, 5) is 19.8. The average Bonchev–Trinajstić information content (AvgIpc) is 3.74. The van der Waals surface area contributed by atoms with Crippen LogP contribution in [-0.4, -0.2) is 18.5 Å². The van der Waals surface area contributed by atoms with Crippen molar-refractivity contribution in [2.75, 3.05) is 0 Å². The number of hydrogen-bond donors (Lipinski definition) is 0. The van der Waals surface area contributed by atoms with Crippen molar-refractivity contribution in [3.8, 4) is 22.5 Å². The highest BCUT2D eigenvalue weighted by Crippen LogP contribution is 2.39. The minimum atomic E-state index is -0.0534. The van der Waals surface area contributed by atoms with Gasteiger partial charge in [0, 0.05) is 32.6 Å². The molecule has 0 saturated carbocycles. The molecule has 11 aromatic rings. The molecule has 0 spiro atoms. The largest absolute Gasteiger partial charge is 0.309 e. The Morgan fingerprint density at radius 3 is 1.67 bits per heavy atom. The number of para-hydroxylation sites is 3. The fourth-order valence-corrected chi connectivity index (χ4v) is 8.19. The summed E-state index contributed by atoms with van der Waals surface area (Å²) in [5, 5.41) is 7.19. The maximum Gasteiger partial charge on any atom is 0.264 e. The number of rotatable bonds is 3. The van der Waals surface area contributed by atoms with Crippen LogP contribution in [-0.2, 0) is 0 Å². The van der Waals surface area contributed by atoms with E-state index < -0.39 is 0 Å². The molecule has 0 saturated heterocycles. The Balaban J connectivity index is 1.22. The van der Waals surface area contributed by atoms with Crippen molar-refractivity contribution in [1.82, 2.24) is 18.5 Å². The summed E-state index contributed by atoms with van der Waals surface area (Å²) in [6.07, 6.45) is 0. The normalized spacial score (nSPS) is 12.0. The van der Waals surface area contributed by atoms with Gasteiger partial charge in [-0.2, -0.15) is 0 Å². The van der Waals surface area contributed by atoms with Gasteiger partial charge in [-0.25, -0.2) is 4.98 Å². The minimum Gasteiger partial charge on any atom is -0.309 e. The van der Waals surface area contributed by atoms with E-state index in [-0.39, 0.29) is 5.56 Å². The van der Waals surface area contributed by atoms with Crippen LogP contribution in [0.4, 0.5) is 0 Å². The molecule has 0 unspecified atom stereocenters. The van der Waals surface area contributed by atoms with Crippen molar-refractivity contribution in [2.24, 2.45) is 0 Å². The van der Waals surface area contributed by atoms with Crippen LogP contribution in [0.1, 0.15) is 0 Å². The zero-order chi connectivity index (χ0) is 33.6. The van der Waals surface area contributed by atoms with E-state index in [1.165, 1.54) is 21.8 Å². The molecule has 0 N–H and O–H groups in total. The molecule has 7 aromatic carbocycles. The van der Waals surface area contributed by atoms with Crippen LogP contribution in [0.3, 0.4) is 0 Å². The molecular weight excluding hydrogens is 625 g/mol. The van der Waals surface area contributed by atoms with Gasteiger partial charge in [-0.15, -0.1) is 0 Å². The Bertz CT molecular complexity index is 3260. The topological polar surface area (TPSA) is 44.2 Å². The lowest BCUT2D eigenvalue weighted by atomic mass is 10.0. The van der Waals surface area contributed by atoms with E-state index in [0.717, 1.165) is 66.4 Å². The second-order valence-electron chi connectivity index (χ2n) is 13.2. The third-order valence-electron chi connectivity index (χ3n) is 10.4.